The normalized spacial score (nSPS) is 26.6. The predicted octanol–water partition coefficient (Wildman–Crippen LogP) is 7.87. The number of rotatable bonds is 7. The first-order chi connectivity index (χ1) is 24.5. The number of carbonyl (C=O) groups is 1. The summed E-state index contributed by atoms with van der Waals surface area (Å²) in [5, 5.41) is 2.83. The molecule has 2 aromatic heterocycles. The number of hydrogen-bond donors (Lipinski definition) is 0. The lowest BCUT2D eigenvalue weighted by atomic mass is 9.95. The topological polar surface area (TPSA) is 83.9 Å². The molecule has 4 saturated heterocycles. The number of hydrogen-bond acceptors (Lipinski definition) is 8. The molecule has 4 aromatic rings. The second-order valence-electron chi connectivity index (χ2n) is 15.2. The van der Waals surface area contributed by atoms with Crippen molar-refractivity contribution in [3.05, 3.63) is 53.4 Å². The number of aromatic nitrogens is 3. The Morgan fingerprint density at radius 2 is 1.76 bits per heavy atom. The van der Waals surface area contributed by atoms with Gasteiger partial charge in [0, 0.05) is 54.4 Å². The summed E-state index contributed by atoms with van der Waals surface area (Å²) >= 11 is 6.66. The molecule has 4 atom stereocenters. The van der Waals surface area contributed by atoms with Crippen molar-refractivity contribution in [1.29, 1.82) is 0 Å². The van der Waals surface area contributed by atoms with Crippen molar-refractivity contribution < 1.29 is 18.7 Å². The molecular weight excluding hydrogens is 655 g/mol. The summed E-state index contributed by atoms with van der Waals surface area (Å²) in [6, 6.07) is 11.8. The van der Waals surface area contributed by atoms with Gasteiger partial charge in [0.1, 0.15) is 30.2 Å². The smallest absolute Gasteiger partial charge is 0.409 e. The molecule has 9 rings (SSSR count). The molecule has 0 spiro atoms. The third kappa shape index (κ3) is 5.72. The van der Waals surface area contributed by atoms with Crippen LogP contribution in [0.15, 0.2) is 42.6 Å². The van der Waals surface area contributed by atoms with Crippen LogP contribution in [0, 0.1) is 17.7 Å². The lowest BCUT2D eigenvalue weighted by Gasteiger charge is -2.35. The van der Waals surface area contributed by atoms with E-state index in [0.29, 0.717) is 46.8 Å². The largest absolute Gasteiger partial charge is 0.461 e. The standard InChI is InChI=1S/C39H44ClFN6O3/c40-31-10-5-8-27-7-4-9-29(32(27)31)34-33(41)35-30(20-42-34)36(46-21-25-11-12-26(19-25)22-46)44-37(43-35)50-24-39-14-6-18-47(39)28(13-15-39)23-49-38(48)45-16-2-1-3-17-45/h4-5,7-10,20,25-26,28H,1-3,6,11-19,21-24H2/t25?,26?,28-,39-/m1/s1. The lowest BCUT2D eigenvalue weighted by molar-refractivity contribution is 0.0420. The molecule has 9 nitrogen and oxygen atoms in total. The second kappa shape index (κ2) is 13.1. The number of anilines is 1. The van der Waals surface area contributed by atoms with Crippen LogP contribution in [0.25, 0.3) is 32.9 Å². The van der Waals surface area contributed by atoms with Gasteiger partial charge < -0.3 is 19.3 Å². The van der Waals surface area contributed by atoms with Gasteiger partial charge in [-0.15, -0.1) is 0 Å². The molecule has 5 fully saturated rings. The van der Waals surface area contributed by atoms with Crippen molar-refractivity contribution >= 4 is 45.2 Å². The number of likely N-dealkylation sites (tertiary alicyclic amines) is 1. The maximum atomic E-state index is 16.9. The first kappa shape index (κ1) is 32.2. The van der Waals surface area contributed by atoms with Crippen LogP contribution < -0.4 is 9.64 Å². The van der Waals surface area contributed by atoms with E-state index >= 15 is 4.39 Å². The number of nitrogens with zero attached hydrogens (tertiary/aromatic N) is 6. The zero-order valence-electron chi connectivity index (χ0n) is 28.5. The van der Waals surface area contributed by atoms with Crippen LogP contribution in [0.2, 0.25) is 5.02 Å². The number of carbonyl (C=O) groups excluding carboxylic acids is 1. The molecule has 262 valence electrons. The van der Waals surface area contributed by atoms with Crippen molar-refractivity contribution in [3.63, 3.8) is 0 Å². The molecule has 1 amide bonds. The van der Waals surface area contributed by atoms with E-state index in [9.17, 15) is 4.79 Å². The minimum atomic E-state index is -0.500. The van der Waals surface area contributed by atoms with Crippen LogP contribution in [-0.4, -0.2) is 88.4 Å². The summed E-state index contributed by atoms with van der Waals surface area (Å²) in [5.41, 5.74) is 0.868. The fourth-order valence-corrected chi connectivity index (χ4v) is 10.00. The first-order valence-electron chi connectivity index (χ1n) is 18.6. The first-order valence-corrected chi connectivity index (χ1v) is 18.9. The molecule has 1 saturated carbocycles. The Morgan fingerprint density at radius 1 is 0.960 bits per heavy atom. The average Bonchev–Trinajstić information content (AvgIpc) is 3.82. The van der Waals surface area contributed by atoms with Gasteiger partial charge in [0.25, 0.3) is 0 Å². The lowest BCUT2D eigenvalue weighted by Crippen LogP contribution is -2.48. The number of amides is 1. The van der Waals surface area contributed by atoms with E-state index < -0.39 is 5.82 Å². The highest BCUT2D eigenvalue weighted by molar-refractivity contribution is 6.36. The number of halogens is 2. The summed E-state index contributed by atoms with van der Waals surface area (Å²) in [6.07, 6.45) is 12.4. The Labute approximate surface area is 297 Å². The predicted molar refractivity (Wildman–Crippen MR) is 192 cm³/mol. The van der Waals surface area contributed by atoms with Crippen LogP contribution in [0.5, 0.6) is 6.01 Å². The van der Waals surface area contributed by atoms with E-state index in [4.69, 9.17) is 36.0 Å². The Kier molecular flexibility index (Phi) is 8.42. The van der Waals surface area contributed by atoms with Gasteiger partial charge in [-0.3, -0.25) is 9.88 Å². The van der Waals surface area contributed by atoms with Gasteiger partial charge in [0.05, 0.1) is 10.9 Å². The summed E-state index contributed by atoms with van der Waals surface area (Å²) in [4.78, 5) is 33.9. The van der Waals surface area contributed by atoms with E-state index in [1.54, 1.807) is 6.20 Å². The molecule has 2 bridgehead atoms. The van der Waals surface area contributed by atoms with Gasteiger partial charge in [-0.2, -0.15) is 9.97 Å². The van der Waals surface area contributed by atoms with E-state index in [-0.39, 0.29) is 34.9 Å². The molecular formula is C39H44ClFN6O3. The van der Waals surface area contributed by atoms with Gasteiger partial charge in [-0.1, -0.05) is 41.9 Å². The van der Waals surface area contributed by atoms with E-state index in [2.05, 4.69) is 9.80 Å². The van der Waals surface area contributed by atoms with Gasteiger partial charge in [-0.05, 0) is 94.0 Å². The zero-order valence-corrected chi connectivity index (χ0v) is 29.2. The molecule has 0 N–H and O–H groups in total. The Morgan fingerprint density at radius 3 is 2.58 bits per heavy atom. The van der Waals surface area contributed by atoms with E-state index in [1.165, 1.54) is 25.7 Å². The fraction of sp³-hybridized carbons (Fsp3) is 0.538. The molecule has 5 aliphatic rings. The quantitative estimate of drug-likeness (QED) is 0.193. The van der Waals surface area contributed by atoms with Crippen molar-refractivity contribution in [2.24, 2.45) is 11.8 Å². The van der Waals surface area contributed by atoms with Crippen LogP contribution in [-0.2, 0) is 4.74 Å². The molecule has 4 aliphatic heterocycles. The second-order valence-corrected chi connectivity index (χ2v) is 15.6. The summed E-state index contributed by atoms with van der Waals surface area (Å²) in [7, 11) is 0. The Hall–Kier alpha value is -3.76. The third-order valence-corrected chi connectivity index (χ3v) is 12.5. The van der Waals surface area contributed by atoms with E-state index in [0.717, 1.165) is 82.0 Å². The van der Waals surface area contributed by atoms with Crippen LogP contribution in [0.3, 0.4) is 0 Å². The minimum Gasteiger partial charge on any atom is -0.461 e. The maximum Gasteiger partial charge on any atom is 0.409 e. The van der Waals surface area contributed by atoms with Crippen molar-refractivity contribution in [1.82, 2.24) is 24.8 Å². The highest BCUT2D eigenvalue weighted by Gasteiger charge is 2.50. The summed E-state index contributed by atoms with van der Waals surface area (Å²) in [5.74, 6) is 1.43. The molecule has 11 heteroatoms. The fourth-order valence-electron chi connectivity index (χ4n) is 9.71. The van der Waals surface area contributed by atoms with Crippen LogP contribution >= 0.6 is 11.6 Å². The molecule has 0 radical (unpaired) electrons. The number of fused-ring (bicyclic) bond motifs is 5. The van der Waals surface area contributed by atoms with Crippen LogP contribution in [0.4, 0.5) is 15.0 Å². The van der Waals surface area contributed by atoms with Gasteiger partial charge in [0.2, 0.25) is 0 Å². The Bertz CT molecular complexity index is 1920. The minimum absolute atomic E-state index is 0.158. The SMILES string of the molecule is O=C(OC[C@H]1CC[C@@]2(COc3nc(N4CC5CCC(C5)C4)c4cnc(-c5cccc6cccc(Cl)c56)c(F)c4n3)CCCN12)N1CCCCC1. The third-order valence-electron chi connectivity index (χ3n) is 12.2. The zero-order chi connectivity index (χ0) is 33.8. The van der Waals surface area contributed by atoms with Crippen LogP contribution in [0.1, 0.15) is 64.2 Å². The number of benzene rings is 2. The average molecular weight is 699 g/mol. The van der Waals surface area contributed by atoms with Gasteiger partial charge in [0.15, 0.2) is 5.82 Å². The molecule has 1 aliphatic carbocycles. The van der Waals surface area contributed by atoms with Crippen molar-refractivity contribution in [2.75, 3.05) is 50.8 Å². The number of ether oxygens (including phenoxy) is 2. The van der Waals surface area contributed by atoms with E-state index in [1.807, 2.05) is 41.3 Å². The molecule has 6 heterocycles. The summed E-state index contributed by atoms with van der Waals surface area (Å²) in [6.45, 7) is 5.08. The highest BCUT2D eigenvalue weighted by atomic mass is 35.5. The monoisotopic (exact) mass is 698 g/mol. The summed E-state index contributed by atoms with van der Waals surface area (Å²) < 4.78 is 29.3. The Balaban J connectivity index is 1.02. The van der Waals surface area contributed by atoms with Gasteiger partial charge in [-0.25, -0.2) is 9.18 Å². The maximum absolute atomic E-state index is 16.9. The van der Waals surface area contributed by atoms with Crippen molar-refractivity contribution in [2.45, 2.75) is 75.8 Å². The molecule has 2 unspecified atom stereocenters. The van der Waals surface area contributed by atoms with Crippen molar-refractivity contribution in [3.8, 4) is 17.3 Å². The number of pyridine rings is 1. The number of piperidine rings is 2. The molecule has 2 aromatic carbocycles. The van der Waals surface area contributed by atoms with Gasteiger partial charge >= 0.3 is 12.1 Å². The highest BCUT2D eigenvalue weighted by Crippen LogP contribution is 2.44. The molecule has 50 heavy (non-hydrogen) atoms.